The van der Waals surface area contributed by atoms with Gasteiger partial charge in [0.2, 0.25) is 0 Å². The molecule has 0 saturated carbocycles. The molecule has 0 radical (unpaired) electrons. The van der Waals surface area contributed by atoms with Gasteiger partial charge >= 0.3 is 12.3 Å². The van der Waals surface area contributed by atoms with Gasteiger partial charge in [0.15, 0.2) is 11.9 Å². The van der Waals surface area contributed by atoms with Crippen molar-refractivity contribution in [2.24, 2.45) is 5.16 Å². The Bertz CT molecular complexity index is 1340. The first-order valence-electron chi connectivity index (χ1n) is 13.2. The predicted molar refractivity (Wildman–Crippen MR) is 143 cm³/mol. The van der Waals surface area contributed by atoms with Gasteiger partial charge in [0, 0.05) is 26.4 Å². The van der Waals surface area contributed by atoms with Crippen LogP contribution in [-0.4, -0.2) is 84.8 Å². The summed E-state index contributed by atoms with van der Waals surface area (Å²) in [6, 6.07) is 11.6. The molecule has 2 aromatic carbocycles. The van der Waals surface area contributed by atoms with Crippen LogP contribution in [0, 0.1) is 0 Å². The summed E-state index contributed by atoms with van der Waals surface area (Å²) in [7, 11) is 3.11. The van der Waals surface area contributed by atoms with Crippen molar-refractivity contribution in [2.45, 2.75) is 63.3 Å². The second-order valence-corrected chi connectivity index (χ2v) is 9.53. The second-order valence-electron chi connectivity index (χ2n) is 9.53. The molecule has 0 N–H and O–H groups in total. The Hall–Kier alpha value is -3.66. The normalized spacial score (nSPS) is 23.0. The minimum absolute atomic E-state index is 0.319. The minimum atomic E-state index is -5.84. The summed E-state index contributed by atoms with van der Waals surface area (Å²) in [6.45, 7) is 4.45. The van der Waals surface area contributed by atoms with Gasteiger partial charge in [-0.15, -0.1) is 5.10 Å². The first kappa shape index (κ1) is 32.3. The molecule has 2 heterocycles. The van der Waals surface area contributed by atoms with E-state index in [2.05, 4.69) is 20.0 Å². The van der Waals surface area contributed by atoms with Crippen LogP contribution in [0.5, 0.6) is 5.75 Å². The highest BCUT2D eigenvalue weighted by Crippen LogP contribution is 2.37. The van der Waals surface area contributed by atoms with Crippen LogP contribution < -0.4 is 4.74 Å². The molecule has 5 atom stereocenters. The molecule has 0 spiro atoms. The third-order valence-electron chi connectivity index (χ3n) is 6.49. The van der Waals surface area contributed by atoms with Crippen LogP contribution in [-0.2, 0) is 23.8 Å². The number of alkyl halides is 5. The van der Waals surface area contributed by atoms with Gasteiger partial charge in [-0.1, -0.05) is 36.3 Å². The number of ether oxygens (including phenoxy) is 5. The van der Waals surface area contributed by atoms with E-state index in [1.807, 2.05) is 13.8 Å². The molecule has 0 bridgehead atoms. The van der Waals surface area contributed by atoms with Gasteiger partial charge in [-0.3, -0.25) is 0 Å². The van der Waals surface area contributed by atoms with Gasteiger partial charge < -0.3 is 28.5 Å². The molecule has 4 rings (SSSR count). The van der Waals surface area contributed by atoms with Crippen molar-refractivity contribution < 1.29 is 50.5 Å². The van der Waals surface area contributed by atoms with Gasteiger partial charge in [-0.05, 0) is 43.2 Å². The lowest BCUT2D eigenvalue weighted by atomic mass is 9.99. The smallest absolute Gasteiger partial charge is 0.426 e. The highest BCUT2D eigenvalue weighted by molar-refractivity contribution is 5.80. The molecule has 1 saturated heterocycles. The van der Waals surface area contributed by atoms with E-state index in [0.717, 1.165) is 18.6 Å². The Morgan fingerprint density at radius 2 is 1.63 bits per heavy atom. The van der Waals surface area contributed by atoms with Crippen LogP contribution in [0.15, 0.2) is 60.0 Å². The summed E-state index contributed by atoms with van der Waals surface area (Å²) < 4.78 is 91.6. The molecular weight excluding hydrogens is 583 g/mol. The summed E-state index contributed by atoms with van der Waals surface area (Å²) in [6.07, 6.45) is -9.88. The molecule has 1 fully saturated rings. The van der Waals surface area contributed by atoms with Gasteiger partial charge in [0.25, 0.3) is 6.29 Å². The number of methoxy groups -OCH3 is 2. The molecule has 1 aliphatic rings. The third-order valence-corrected chi connectivity index (χ3v) is 6.49. The Balaban J connectivity index is 1.37. The highest BCUT2D eigenvalue weighted by Gasteiger charge is 2.61. The molecule has 0 unspecified atom stereocenters. The average Bonchev–Trinajstić information content (AvgIpc) is 3.46. The van der Waals surface area contributed by atoms with Crippen LogP contribution in [0.3, 0.4) is 0 Å². The maximum Gasteiger partial charge on any atom is 0.499 e. The Labute approximate surface area is 244 Å². The number of aromatic nitrogens is 3. The minimum Gasteiger partial charge on any atom is -0.426 e. The number of rotatable bonds is 12. The zero-order chi connectivity index (χ0) is 31.2. The monoisotopic (exact) mass is 614 g/mol. The van der Waals surface area contributed by atoms with Crippen LogP contribution in [0.2, 0.25) is 0 Å². The van der Waals surface area contributed by atoms with E-state index in [4.69, 9.17) is 23.8 Å². The first-order valence-corrected chi connectivity index (χ1v) is 13.2. The summed E-state index contributed by atoms with van der Waals surface area (Å²) in [5.41, 5.74) is 1.74. The molecule has 0 amide bonds. The Morgan fingerprint density at radius 3 is 2.23 bits per heavy atom. The zero-order valence-corrected chi connectivity index (χ0v) is 23.7. The van der Waals surface area contributed by atoms with Crippen molar-refractivity contribution in [2.75, 3.05) is 20.8 Å². The van der Waals surface area contributed by atoms with Crippen molar-refractivity contribution >= 4 is 6.21 Å². The van der Waals surface area contributed by atoms with Gasteiger partial charge in [0.05, 0.1) is 18.0 Å². The SMILES string of the molecule is CCCO[C@@H]1[C@@H](OC)[C@@H](OC)[C@H](O/N=C/c2ccc(-c3ncn(-c4ccc(OC(F)(F)C(F)(F)F)cc4)n3)cc2)O[C@H]1C. The van der Waals surface area contributed by atoms with Gasteiger partial charge in [-0.25, -0.2) is 9.67 Å². The average molecular weight is 615 g/mol. The van der Waals surface area contributed by atoms with E-state index in [1.165, 1.54) is 36.5 Å². The Morgan fingerprint density at radius 1 is 0.953 bits per heavy atom. The number of hydrogen-bond donors (Lipinski definition) is 0. The van der Waals surface area contributed by atoms with Gasteiger partial charge in [-0.2, -0.15) is 22.0 Å². The van der Waals surface area contributed by atoms with E-state index < -0.39 is 36.5 Å². The van der Waals surface area contributed by atoms with E-state index in [9.17, 15) is 22.0 Å². The maximum absolute atomic E-state index is 13.1. The fourth-order valence-corrected chi connectivity index (χ4v) is 4.32. The molecular formula is C28H31F5N4O6. The number of nitrogens with zero attached hydrogens (tertiary/aromatic N) is 4. The summed E-state index contributed by atoms with van der Waals surface area (Å²) in [5.74, 6) is -0.305. The standard InChI is InChI=1S/C28H31F5N4O6/c1-5-14-40-22-17(2)41-26(24(39-4)23(22)38-3)43-35-15-18-6-8-19(9-7-18)25-34-16-37(36-25)20-10-12-21(13-11-20)42-28(32,33)27(29,30)31/h6-13,15-17,22-24,26H,5,14H2,1-4H3/b35-15+/t17-,22-,23+,24+,26-/m0/s1. The summed E-state index contributed by atoms with van der Waals surface area (Å²) in [4.78, 5) is 9.85. The molecule has 3 aromatic rings. The lowest BCUT2D eigenvalue weighted by Gasteiger charge is -2.42. The van der Waals surface area contributed by atoms with Crippen molar-refractivity contribution in [1.82, 2.24) is 14.8 Å². The van der Waals surface area contributed by atoms with Crippen molar-refractivity contribution in [3.63, 3.8) is 0 Å². The second kappa shape index (κ2) is 13.8. The van der Waals surface area contributed by atoms with Crippen LogP contribution >= 0.6 is 0 Å². The topological polar surface area (TPSA) is 98.5 Å². The van der Waals surface area contributed by atoms with Crippen LogP contribution in [0.4, 0.5) is 22.0 Å². The molecule has 234 valence electrons. The van der Waals surface area contributed by atoms with Crippen molar-refractivity contribution in [3.8, 4) is 22.8 Å². The maximum atomic E-state index is 13.1. The largest absolute Gasteiger partial charge is 0.499 e. The van der Waals surface area contributed by atoms with Crippen LogP contribution in [0.1, 0.15) is 25.8 Å². The number of benzene rings is 2. The summed E-state index contributed by atoms with van der Waals surface area (Å²) >= 11 is 0. The number of halogens is 5. The predicted octanol–water partition coefficient (Wildman–Crippen LogP) is 5.39. The Kier molecular flexibility index (Phi) is 10.3. The van der Waals surface area contributed by atoms with E-state index in [0.29, 0.717) is 29.2 Å². The number of hydrogen-bond acceptors (Lipinski definition) is 9. The molecule has 10 nitrogen and oxygen atoms in total. The molecule has 1 aromatic heterocycles. The number of oxime groups is 1. The lowest BCUT2D eigenvalue weighted by molar-refractivity contribution is -0.360. The molecule has 1 aliphatic heterocycles. The van der Waals surface area contributed by atoms with Crippen LogP contribution in [0.25, 0.3) is 17.1 Å². The molecule has 0 aliphatic carbocycles. The fourth-order valence-electron chi connectivity index (χ4n) is 4.32. The van der Waals surface area contributed by atoms with Gasteiger partial charge in [0.1, 0.15) is 24.3 Å². The third kappa shape index (κ3) is 7.65. The molecule has 15 heteroatoms. The highest BCUT2D eigenvalue weighted by atomic mass is 19.4. The van der Waals surface area contributed by atoms with E-state index in [-0.39, 0.29) is 12.2 Å². The molecule has 43 heavy (non-hydrogen) atoms. The van der Waals surface area contributed by atoms with E-state index >= 15 is 0 Å². The zero-order valence-electron chi connectivity index (χ0n) is 23.7. The van der Waals surface area contributed by atoms with E-state index in [1.54, 1.807) is 31.4 Å². The first-order chi connectivity index (χ1) is 20.5. The fraction of sp³-hybridized carbons (Fsp3) is 0.464. The quantitative estimate of drug-likeness (QED) is 0.152. The van der Waals surface area contributed by atoms with Crippen molar-refractivity contribution in [3.05, 3.63) is 60.4 Å². The lowest BCUT2D eigenvalue weighted by Crippen LogP contribution is -2.59. The summed E-state index contributed by atoms with van der Waals surface area (Å²) in [5, 5.41) is 8.40. The van der Waals surface area contributed by atoms with Crippen molar-refractivity contribution in [1.29, 1.82) is 0 Å².